The van der Waals surface area contributed by atoms with Crippen molar-refractivity contribution in [1.29, 1.82) is 0 Å². The molecule has 2 aliphatic heterocycles. The van der Waals surface area contributed by atoms with Crippen LogP contribution in [0.2, 0.25) is 0 Å². The summed E-state index contributed by atoms with van der Waals surface area (Å²) in [5.41, 5.74) is 7.08. The third kappa shape index (κ3) is 3.41. The van der Waals surface area contributed by atoms with Crippen LogP contribution >= 0.6 is 0 Å². The molecule has 1 aromatic rings. The Kier molecular flexibility index (Phi) is 4.38. The van der Waals surface area contributed by atoms with Gasteiger partial charge in [-0.2, -0.15) is 0 Å². The Morgan fingerprint density at radius 2 is 2.10 bits per heavy atom. The standard InChI is InChI=1S/C15H23N3O2/c16-12-3-5-18(6-4-12)13-8-15(10-17-9-13)20-14-2-1-7-19-11-14/h8-10,12,14H,1-7,11,16H2. The van der Waals surface area contributed by atoms with E-state index in [4.69, 9.17) is 15.2 Å². The predicted octanol–water partition coefficient (Wildman–Crippen LogP) is 1.57. The van der Waals surface area contributed by atoms with Crippen LogP contribution in [0.1, 0.15) is 25.7 Å². The van der Waals surface area contributed by atoms with Crippen molar-refractivity contribution in [3.8, 4) is 5.75 Å². The second kappa shape index (κ2) is 6.41. The van der Waals surface area contributed by atoms with Gasteiger partial charge in [0.2, 0.25) is 0 Å². The Labute approximate surface area is 120 Å². The fourth-order valence-corrected chi connectivity index (χ4v) is 2.80. The van der Waals surface area contributed by atoms with E-state index < -0.39 is 0 Å². The van der Waals surface area contributed by atoms with Crippen LogP contribution < -0.4 is 15.4 Å². The summed E-state index contributed by atoms with van der Waals surface area (Å²) in [5.74, 6) is 0.841. The van der Waals surface area contributed by atoms with Crippen molar-refractivity contribution in [3.05, 3.63) is 18.5 Å². The van der Waals surface area contributed by atoms with E-state index in [1.807, 2.05) is 6.20 Å². The molecule has 2 saturated heterocycles. The van der Waals surface area contributed by atoms with Gasteiger partial charge in [0.25, 0.3) is 0 Å². The number of anilines is 1. The molecule has 5 heteroatoms. The van der Waals surface area contributed by atoms with Crippen molar-refractivity contribution in [2.24, 2.45) is 5.73 Å². The molecule has 2 N–H and O–H groups in total. The lowest BCUT2D eigenvalue weighted by Crippen LogP contribution is -2.39. The minimum absolute atomic E-state index is 0.163. The van der Waals surface area contributed by atoms with E-state index in [2.05, 4.69) is 16.0 Å². The number of nitrogens with two attached hydrogens (primary N) is 1. The molecule has 0 aliphatic carbocycles. The molecule has 3 heterocycles. The summed E-state index contributed by atoms with van der Waals surface area (Å²) >= 11 is 0. The molecule has 0 spiro atoms. The monoisotopic (exact) mass is 277 g/mol. The number of rotatable bonds is 3. The zero-order chi connectivity index (χ0) is 13.8. The molecule has 5 nitrogen and oxygen atoms in total. The lowest BCUT2D eigenvalue weighted by molar-refractivity contribution is 0.00730. The molecule has 0 bridgehead atoms. The van der Waals surface area contributed by atoms with Gasteiger partial charge in [-0.1, -0.05) is 0 Å². The van der Waals surface area contributed by atoms with Crippen LogP contribution in [0.15, 0.2) is 18.5 Å². The van der Waals surface area contributed by atoms with Gasteiger partial charge in [0.15, 0.2) is 0 Å². The van der Waals surface area contributed by atoms with Gasteiger partial charge < -0.3 is 20.1 Å². The van der Waals surface area contributed by atoms with Crippen molar-refractivity contribution >= 4 is 5.69 Å². The molecule has 20 heavy (non-hydrogen) atoms. The highest BCUT2D eigenvalue weighted by molar-refractivity contribution is 5.48. The number of ether oxygens (including phenoxy) is 2. The zero-order valence-electron chi connectivity index (χ0n) is 11.8. The maximum absolute atomic E-state index is 5.97. The predicted molar refractivity (Wildman–Crippen MR) is 78.1 cm³/mol. The van der Waals surface area contributed by atoms with Crippen LogP contribution in [0.25, 0.3) is 0 Å². The van der Waals surface area contributed by atoms with Crippen LogP contribution in [0.4, 0.5) is 5.69 Å². The average molecular weight is 277 g/mol. The summed E-state index contributed by atoms with van der Waals surface area (Å²) in [4.78, 5) is 6.64. The number of pyridine rings is 1. The fourth-order valence-electron chi connectivity index (χ4n) is 2.80. The van der Waals surface area contributed by atoms with Gasteiger partial charge in [-0.05, 0) is 25.7 Å². The number of aromatic nitrogens is 1. The molecule has 2 fully saturated rings. The molecule has 1 unspecified atom stereocenters. The highest BCUT2D eigenvalue weighted by Crippen LogP contribution is 2.24. The van der Waals surface area contributed by atoms with Gasteiger partial charge >= 0.3 is 0 Å². The Balaban J connectivity index is 1.63. The highest BCUT2D eigenvalue weighted by atomic mass is 16.5. The van der Waals surface area contributed by atoms with Crippen LogP contribution in [0.3, 0.4) is 0 Å². The van der Waals surface area contributed by atoms with Crippen molar-refractivity contribution in [2.45, 2.75) is 37.8 Å². The first-order chi connectivity index (χ1) is 9.81. The lowest BCUT2D eigenvalue weighted by Gasteiger charge is -2.32. The molecule has 1 aromatic heterocycles. The highest BCUT2D eigenvalue weighted by Gasteiger charge is 2.18. The van der Waals surface area contributed by atoms with E-state index in [9.17, 15) is 0 Å². The smallest absolute Gasteiger partial charge is 0.140 e. The van der Waals surface area contributed by atoms with Crippen LogP contribution in [0, 0.1) is 0 Å². The Morgan fingerprint density at radius 1 is 1.25 bits per heavy atom. The van der Waals surface area contributed by atoms with E-state index in [1.54, 1.807) is 6.20 Å². The average Bonchev–Trinajstić information content (AvgIpc) is 2.49. The summed E-state index contributed by atoms with van der Waals surface area (Å²) in [6.45, 7) is 3.53. The largest absolute Gasteiger partial charge is 0.486 e. The molecule has 0 saturated carbocycles. The molecule has 0 aromatic carbocycles. The Hall–Kier alpha value is -1.33. The van der Waals surface area contributed by atoms with Gasteiger partial charge in [-0.15, -0.1) is 0 Å². The van der Waals surface area contributed by atoms with Crippen molar-refractivity contribution in [1.82, 2.24) is 4.98 Å². The second-order valence-electron chi connectivity index (χ2n) is 5.66. The SMILES string of the molecule is NC1CCN(c2cncc(OC3CCCOC3)c2)CC1. The van der Waals surface area contributed by atoms with E-state index >= 15 is 0 Å². The van der Waals surface area contributed by atoms with Crippen molar-refractivity contribution < 1.29 is 9.47 Å². The number of hydrogen-bond donors (Lipinski definition) is 1. The number of nitrogens with zero attached hydrogens (tertiary/aromatic N) is 2. The van der Waals surface area contributed by atoms with Gasteiger partial charge in [0.05, 0.1) is 24.7 Å². The first-order valence-electron chi connectivity index (χ1n) is 7.51. The normalized spacial score (nSPS) is 24.6. The number of piperidine rings is 1. The summed E-state index contributed by atoms with van der Waals surface area (Å²) in [5, 5.41) is 0. The fraction of sp³-hybridized carbons (Fsp3) is 0.667. The molecule has 2 aliphatic rings. The van der Waals surface area contributed by atoms with E-state index in [0.717, 1.165) is 56.8 Å². The summed E-state index contributed by atoms with van der Waals surface area (Å²) < 4.78 is 11.4. The molecular formula is C15H23N3O2. The van der Waals surface area contributed by atoms with E-state index in [-0.39, 0.29) is 6.10 Å². The lowest BCUT2D eigenvalue weighted by atomic mass is 10.1. The molecular weight excluding hydrogens is 254 g/mol. The molecule has 3 rings (SSSR count). The minimum atomic E-state index is 0.163. The van der Waals surface area contributed by atoms with Gasteiger partial charge in [0.1, 0.15) is 11.9 Å². The second-order valence-corrected chi connectivity index (χ2v) is 5.66. The summed E-state index contributed by atoms with van der Waals surface area (Å²) in [6.07, 6.45) is 8.07. The van der Waals surface area contributed by atoms with Gasteiger partial charge in [0, 0.05) is 31.8 Å². The molecule has 1 atom stereocenters. The summed E-state index contributed by atoms with van der Waals surface area (Å²) in [7, 11) is 0. The van der Waals surface area contributed by atoms with Crippen LogP contribution in [-0.4, -0.2) is 43.4 Å². The third-order valence-electron chi connectivity index (χ3n) is 4.02. The van der Waals surface area contributed by atoms with E-state index in [1.165, 1.54) is 0 Å². The van der Waals surface area contributed by atoms with Crippen molar-refractivity contribution in [3.63, 3.8) is 0 Å². The zero-order valence-corrected chi connectivity index (χ0v) is 11.8. The third-order valence-corrected chi connectivity index (χ3v) is 4.02. The van der Waals surface area contributed by atoms with Crippen LogP contribution in [-0.2, 0) is 4.74 Å². The molecule has 0 amide bonds. The number of hydrogen-bond acceptors (Lipinski definition) is 5. The first-order valence-corrected chi connectivity index (χ1v) is 7.51. The van der Waals surface area contributed by atoms with E-state index in [0.29, 0.717) is 12.6 Å². The minimum Gasteiger partial charge on any atom is -0.486 e. The van der Waals surface area contributed by atoms with Crippen molar-refractivity contribution in [2.75, 3.05) is 31.2 Å². The maximum Gasteiger partial charge on any atom is 0.140 e. The van der Waals surface area contributed by atoms with Crippen LogP contribution in [0.5, 0.6) is 5.75 Å². The topological polar surface area (TPSA) is 60.6 Å². The summed E-state index contributed by atoms with van der Waals surface area (Å²) in [6, 6.07) is 2.43. The maximum atomic E-state index is 5.97. The van der Waals surface area contributed by atoms with Gasteiger partial charge in [-0.25, -0.2) is 0 Å². The Bertz CT molecular complexity index is 427. The molecule has 0 radical (unpaired) electrons. The Morgan fingerprint density at radius 3 is 2.85 bits per heavy atom. The molecule has 110 valence electrons. The first kappa shape index (κ1) is 13.6. The quantitative estimate of drug-likeness (QED) is 0.908. The van der Waals surface area contributed by atoms with Gasteiger partial charge in [-0.3, -0.25) is 4.98 Å².